The summed E-state index contributed by atoms with van der Waals surface area (Å²) in [5.74, 6) is -1.03. The second kappa shape index (κ2) is 5.50. The Labute approximate surface area is 126 Å². The zero-order valence-electron chi connectivity index (χ0n) is 11.1. The summed E-state index contributed by atoms with van der Waals surface area (Å²) in [5, 5.41) is 13.7. The summed E-state index contributed by atoms with van der Waals surface area (Å²) < 4.78 is 0. The third-order valence-electron chi connectivity index (χ3n) is 3.35. The molecule has 5 heteroatoms. The quantitative estimate of drug-likeness (QED) is 0.678. The van der Waals surface area contributed by atoms with Crippen molar-refractivity contribution in [1.82, 2.24) is 4.98 Å². The molecule has 0 radical (unpaired) electrons. The van der Waals surface area contributed by atoms with Crippen molar-refractivity contribution in [2.24, 2.45) is 0 Å². The lowest BCUT2D eigenvalue weighted by molar-refractivity contribution is 0.0697. The number of H-pyrrole nitrogens is 1. The molecule has 3 rings (SSSR count). The minimum atomic E-state index is -1.03. The second-order valence-electron chi connectivity index (χ2n) is 4.71. The number of anilines is 1. The van der Waals surface area contributed by atoms with E-state index < -0.39 is 5.97 Å². The number of aromatic nitrogens is 1. The van der Waals surface area contributed by atoms with E-state index in [1.807, 2.05) is 30.5 Å². The number of rotatable bonds is 4. The number of aromatic amines is 1. The molecule has 0 aliphatic heterocycles. The first-order chi connectivity index (χ1) is 10.1. The van der Waals surface area contributed by atoms with E-state index in [0.29, 0.717) is 6.54 Å². The molecule has 1 aromatic heterocycles. The van der Waals surface area contributed by atoms with Gasteiger partial charge >= 0.3 is 5.97 Å². The van der Waals surface area contributed by atoms with Crippen LogP contribution in [0, 0.1) is 0 Å². The molecule has 21 heavy (non-hydrogen) atoms. The van der Waals surface area contributed by atoms with Crippen LogP contribution in [0.5, 0.6) is 0 Å². The Balaban J connectivity index is 1.82. The first-order valence-corrected chi connectivity index (χ1v) is 6.84. The van der Waals surface area contributed by atoms with Crippen LogP contribution in [-0.4, -0.2) is 16.1 Å². The Bertz CT molecular complexity index is 811. The molecule has 0 bridgehead atoms. The van der Waals surface area contributed by atoms with Gasteiger partial charge in [-0.15, -0.1) is 0 Å². The van der Waals surface area contributed by atoms with Gasteiger partial charge in [-0.25, -0.2) is 4.79 Å². The number of benzene rings is 2. The Morgan fingerprint density at radius 3 is 2.86 bits per heavy atom. The number of carboxylic acids is 1. The summed E-state index contributed by atoms with van der Waals surface area (Å²) in [4.78, 5) is 14.3. The lowest BCUT2D eigenvalue weighted by atomic mass is 10.1. The van der Waals surface area contributed by atoms with Crippen LogP contribution in [0.25, 0.3) is 10.9 Å². The fraction of sp³-hybridized carbons (Fsp3) is 0.0625. The predicted octanol–water partition coefficient (Wildman–Crippen LogP) is 4.13. The van der Waals surface area contributed by atoms with Gasteiger partial charge in [-0.1, -0.05) is 29.8 Å². The van der Waals surface area contributed by atoms with Gasteiger partial charge in [-0.05, 0) is 29.8 Å². The largest absolute Gasteiger partial charge is 0.478 e. The Morgan fingerprint density at radius 2 is 2.05 bits per heavy atom. The fourth-order valence-electron chi connectivity index (χ4n) is 2.27. The molecule has 1 heterocycles. The molecule has 3 N–H and O–H groups in total. The fourth-order valence-corrected chi connectivity index (χ4v) is 2.47. The highest BCUT2D eigenvalue weighted by Crippen LogP contribution is 2.22. The summed E-state index contributed by atoms with van der Waals surface area (Å²) >= 11 is 5.86. The van der Waals surface area contributed by atoms with Gasteiger partial charge in [0.2, 0.25) is 0 Å². The van der Waals surface area contributed by atoms with E-state index in [1.54, 1.807) is 18.2 Å². The molecular formula is C16H13ClN2O2. The number of aromatic carboxylic acids is 1. The molecular weight excluding hydrogens is 288 g/mol. The topological polar surface area (TPSA) is 65.1 Å². The third kappa shape index (κ3) is 2.71. The maximum Gasteiger partial charge on any atom is 0.337 e. The molecule has 0 saturated carbocycles. The van der Waals surface area contributed by atoms with Crippen LogP contribution >= 0.6 is 11.6 Å². The van der Waals surface area contributed by atoms with Crippen molar-refractivity contribution in [2.45, 2.75) is 6.54 Å². The molecule has 4 nitrogen and oxygen atoms in total. The zero-order valence-corrected chi connectivity index (χ0v) is 11.8. The van der Waals surface area contributed by atoms with E-state index in [1.165, 1.54) is 0 Å². The van der Waals surface area contributed by atoms with Gasteiger partial charge in [-0.3, -0.25) is 0 Å². The molecule has 0 amide bonds. The smallest absolute Gasteiger partial charge is 0.337 e. The molecule has 0 aliphatic rings. The monoisotopic (exact) mass is 300 g/mol. The van der Waals surface area contributed by atoms with Gasteiger partial charge in [0.1, 0.15) is 0 Å². The molecule has 0 aliphatic carbocycles. The van der Waals surface area contributed by atoms with Crippen LogP contribution < -0.4 is 5.32 Å². The highest BCUT2D eigenvalue weighted by Gasteiger charge is 2.09. The van der Waals surface area contributed by atoms with Crippen molar-refractivity contribution in [3.63, 3.8) is 0 Å². The molecule has 0 unspecified atom stereocenters. The van der Waals surface area contributed by atoms with Gasteiger partial charge in [-0.2, -0.15) is 0 Å². The zero-order chi connectivity index (χ0) is 14.8. The van der Waals surface area contributed by atoms with Crippen molar-refractivity contribution >= 4 is 34.2 Å². The van der Waals surface area contributed by atoms with Crippen LogP contribution in [0.15, 0.2) is 48.7 Å². The van der Waals surface area contributed by atoms with Gasteiger partial charge in [0.15, 0.2) is 0 Å². The molecule has 106 valence electrons. The van der Waals surface area contributed by atoms with Crippen LogP contribution in [0.2, 0.25) is 5.02 Å². The summed E-state index contributed by atoms with van der Waals surface area (Å²) in [6.45, 7) is 0.602. The predicted molar refractivity (Wildman–Crippen MR) is 84.0 cm³/mol. The number of para-hydroxylation sites is 1. The summed E-state index contributed by atoms with van der Waals surface area (Å²) in [5.41, 5.74) is 3.02. The van der Waals surface area contributed by atoms with Gasteiger partial charge in [0, 0.05) is 29.3 Å². The number of fused-ring (bicyclic) bond motifs is 1. The van der Waals surface area contributed by atoms with Crippen LogP contribution in [-0.2, 0) is 6.54 Å². The first kappa shape index (κ1) is 13.5. The lowest BCUT2D eigenvalue weighted by Crippen LogP contribution is -2.02. The van der Waals surface area contributed by atoms with Crippen LogP contribution in [0.3, 0.4) is 0 Å². The van der Waals surface area contributed by atoms with Crippen molar-refractivity contribution in [3.05, 3.63) is 64.8 Å². The highest BCUT2D eigenvalue weighted by atomic mass is 35.5. The average Bonchev–Trinajstić information content (AvgIpc) is 2.89. The number of hydrogen-bond donors (Lipinski definition) is 3. The van der Waals surface area contributed by atoms with Gasteiger partial charge < -0.3 is 15.4 Å². The number of nitrogens with one attached hydrogen (secondary N) is 2. The number of carbonyl (C=O) groups is 1. The van der Waals surface area contributed by atoms with Gasteiger partial charge in [0.05, 0.1) is 10.6 Å². The molecule has 3 aromatic rings. The third-order valence-corrected chi connectivity index (χ3v) is 3.68. The molecule has 0 atom stereocenters. The Hall–Kier alpha value is -2.46. The molecule has 0 spiro atoms. The van der Waals surface area contributed by atoms with E-state index in [0.717, 1.165) is 22.2 Å². The van der Waals surface area contributed by atoms with Crippen molar-refractivity contribution in [3.8, 4) is 0 Å². The minimum absolute atomic E-state index is 0.0978. The standard InChI is InChI=1S/C16H13ClN2O2/c17-14-6-5-11(7-13(14)16(20)21)18-8-10-9-19-15-4-2-1-3-12(10)15/h1-7,9,18-19H,8H2,(H,20,21). The minimum Gasteiger partial charge on any atom is -0.478 e. The summed E-state index contributed by atoms with van der Waals surface area (Å²) in [6.07, 6.45) is 1.95. The van der Waals surface area contributed by atoms with Crippen molar-refractivity contribution in [1.29, 1.82) is 0 Å². The van der Waals surface area contributed by atoms with E-state index >= 15 is 0 Å². The van der Waals surface area contributed by atoms with Crippen molar-refractivity contribution in [2.75, 3.05) is 5.32 Å². The van der Waals surface area contributed by atoms with E-state index in [9.17, 15) is 4.79 Å². The SMILES string of the molecule is O=C(O)c1cc(NCc2c[nH]c3ccccc23)ccc1Cl. The maximum absolute atomic E-state index is 11.1. The number of halogens is 1. The van der Waals surface area contributed by atoms with Crippen LogP contribution in [0.4, 0.5) is 5.69 Å². The van der Waals surface area contributed by atoms with E-state index in [4.69, 9.17) is 16.7 Å². The average molecular weight is 301 g/mol. The molecule has 2 aromatic carbocycles. The van der Waals surface area contributed by atoms with Crippen LogP contribution in [0.1, 0.15) is 15.9 Å². The highest BCUT2D eigenvalue weighted by molar-refractivity contribution is 6.33. The number of carboxylic acid groups (broad SMARTS) is 1. The first-order valence-electron chi connectivity index (χ1n) is 6.47. The van der Waals surface area contributed by atoms with E-state index in [2.05, 4.69) is 10.3 Å². The lowest BCUT2D eigenvalue weighted by Gasteiger charge is -2.07. The Morgan fingerprint density at radius 1 is 1.24 bits per heavy atom. The normalized spacial score (nSPS) is 10.7. The Kier molecular flexibility index (Phi) is 3.54. The van der Waals surface area contributed by atoms with Crippen molar-refractivity contribution < 1.29 is 9.90 Å². The molecule has 0 saturated heterocycles. The summed E-state index contributed by atoms with van der Waals surface area (Å²) in [7, 11) is 0. The van der Waals surface area contributed by atoms with Gasteiger partial charge in [0.25, 0.3) is 0 Å². The molecule has 0 fully saturated rings. The second-order valence-corrected chi connectivity index (χ2v) is 5.12. The number of hydrogen-bond acceptors (Lipinski definition) is 2. The summed E-state index contributed by atoms with van der Waals surface area (Å²) in [6, 6.07) is 12.9. The maximum atomic E-state index is 11.1. The van der Waals surface area contributed by atoms with E-state index in [-0.39, 0.29) is 10.6 Å².